The van der Waals surface area contributed by atoms with Crippen molar-refractivity contribution in [3.05, 3.63) is 30.1 Å². The fraction of sp³-hybridized carbons (Fsp3) is 0.143. The molecule has 3 N–H and O–H groups in total. The average molecular weight is 268 g/mol. The maximum atomic E-state index is 12.3. The van der Waals surface area contributed by atoms with Crippen molar-refractivity contribution in [2.24, 2.45) is 5.84 Å². The average Bonchev–Trinajstić information content (AvgIpc) is 2.08. The van der Waals surface area contributed by atoms with Crippen LogP contribution < -0.4 is 11.3 Å². The van der Waals surface area contributed by atoms with Gasteiger partial charge < -0.3 is 5.43 Å². The summed E-state index contributed by atoms with van der Waals surface area (Å²) in [4.78, 5) is 1.97. The van der Waals surface area contributed by atoms with E-state index in [9.17, 15) is 4.39 Å². The normalized spacial score (nSPS) is 8.00. The molecule has 0 saturated carbocycles. The molecule has 0 aliphatic rings. The summed E-state index contributed by atoms with van der Waals surface area (Å²) < 4.78 is 12.3. The maximum absolute atomic E-state index is 12.3. The van der Waals surface area contributed by atoms with Gasteiger partial charge in [0.1, 0.15) is 5.82 Å². The van der Waals surface area contributed by atoms with E-state index in [0.717, 1.165) is 0 Å². The second-order valence-corrected chi connectivity index (χ2v) is 1.65. The minimum atomic E-state index is -0.287. The number of rotatable bonds is 1. The molecule has 0 spiro atoms. The van der Waals surface area contributed by atoms with Crippen LogP contribution >= 0.6 is 22.6 Å². The van der Waals surface area contributed by atoms with Gasteiger partial charge in [-0.15, -0.1) is 0 Å². The Labute approximate surface area is 79.1 Å². The maximum Gasteiger partial charge on any atom is 0.125 e. The van der Waals surface area contributed by atoms with Crippen molar-refractivity contribution in [2.75, 3.05) is 10.4 Å². The molecule has 0 aromatic heterocycles. The molecule has 2 nitrogen and oxygen atoms in total. The van der Waals surface area contributed by atoms with E-state index in [4.69, 9.17) is 5.84 Å². The van der Waals surface area contributed by atoms with Gasteiger partial charge in [0.05, 0.1) is 5.69 Å². The van der Waals surface area contributed by atoms with Crippen molar-refractivity contribution in [1.82, 2.24) is 0 Å². The third-order valence-corrected chi connectivity index (χ3v) is 0.991. The number of anilines is 1. The third kappa shape index (κ3) is 4.15. The lowest BCUT2D eigenvalue weighted by Gasteiger charge is -1.96. The number of nitrogens with two attached hydrogens (primary N) is 1. The fourth-order valence-corrected chi connectivity index (χ4v) is 0.578. The Morgan fingerprint density at radius 3 is 2.45 bits per heavy atom. The molecular weight excluding hydrogens is 258 g/mol. The summed E-state index contributed by atoms with van der Waals surface area (Å²) in [7, 11) is 0. The van der Waals surface area contributed by atoms with Crippen LogP contribution in [0.2, 0.25) is 0 Å². The molecule has 0 heterocycles. The molecule has 0 aliphatic carbocycles. The molecule has 4 heteroatoms. The Balaban J connectivity index is 0.000000461. The second-order valence-electron chi connectivity index (χ2n) is 1.65. The van der Waals surface area contributed by atoms with E-state index < -0.39 is 0 Å². The number of hydrogen-bond donors (Lipinski definition) is 2. The van der Waals surface area contributed by atoms with E-state index in [0.29, 0.717) is 5.69 Å². The van der Waals surface area contributed by atoms with E-state index in [1.807, 2.05) is 4.93 Å². The van der Waals surface area contributed by atoms with Crippen LogP contribution in [-0.4, -0.2) is 4.93 Å². The quantitative estimate of drug-likeness (QED) is 0.354. The van der Waals surface area contributed by atoms with E-state index in [2.05, 4.69) is 28.0 Å². The molecule has 1 aromatic rings. The highest BCUT2D eigenvalue weighted by Gasteiger charge is 1.88. The summed E-state index contributed by atoms with van der Waals surface area (Å²) >= 11 is 2.15. The Hall–Kier alpha value is -0.360. The van der Waals surface area contributed by atoms with Crippen molar-refractivity contribution >= 4 is 28.3 Å². The van der Waals surface area contributed by atoms with Gasteiger partial charge in [0.15, 0.2) is 0 Å². The largest absolute Gasteiger partial charge is 0.324 e. The number of nitrogens with one attached hydrogen (secondary N) is 1. The summed E-state index contributed by atoms with van der Waals surface area (Å²) in [5, 5.41) is 0. The number of halogens is 2. The summed E-state index contributed by atoms with van der Waals surface area (Å²) in [6, 6.07) is 5.95. The summed E-state index contributed by atoms with van der Waals surface area (Å²) in [6.07, 6.45) is 0. The summed E-state index contributed by atoms with van der Waals surface area (Å²) in [5.74, 6) is 4.72. The van der Waals surface area contributed by atoms with Crippen LogP contribution in [0.4, 0.5) is 10.1 Å². The molecule has 0 bridgehead atoms. The van der Waals surface area contributed by atoms with Gasteiger partial charge in [-0.2, -0.15) is 0 Å². The zero-order valence-electron chi connectivity index (χ0n) is 6.14. The fourth-order valence-electron chi connectivity index (χ4n) is 0.578. The molecule has 1 rings (SSSR count). The number of alkyl halides is 1. The minimum Gasteiger partial charge on any atom is -0.324 e. The minimum absolute atomic E-state index is 0.287. The Bertz CT molecular complexity index is 205. The van der Waals surface area contributed by atoms with Gasteiger partial charge in [-0.25, -0.2) is 4.39 Å². The van der Waals surface area contributed by atoms with E-state index in [-0.39, 0.29) is 5.82 Å². The zero-order valence-corrected chi connectivity index (χ0v) is 8.30. The molecule has 11 heavy (non-hydrogen) atoms. The first-order chi connectivity index (χ1) is 5.33. The summed E-state index contributed by atoms with van der Waals surface area (Å²) in [6.45, 7) is 0. The van der Waals surface area contributed by atoms with Crippen LogP contribution in [0.15, 0.2) is 24.3 Å². The molecular formula is C7H10FIN2. The van der Waals surface area contributed by atoms with Crippen molar-refractivity contribution in [1.29, 1.82) is 0 Å². The van der Waals surface area contributed by atoms with Gasteiger partial charge in [-0.05, 0) is 23.1 Å². The van der Waals surface area contributed by atoms with Crippen LogP contribution in [0.3, 0.4) is 0 Å². The predicted molar refractivity (Wildman–Crippen MR) is 54.2 cm³/mol. The number of nitrogen functional groups attached to an aromatic ring is 1. The van der Waals surface area contributed by atoms with Crippen LogP contribution in [0.1, 0.15) is 0 Å². The molecule has 0 fully saturated rings. The van der Waals surface area contributed by atoms with Gasteiger partial charge >= 0.3 is 0 Å². The van der Waals surface area contributed by atoms with Gasteiger partial charge in [-0.3, -0.25) is 5.84 Å². The van der Waals surface area contributed by atoms with Crippen LogP contribution in [0.25, 0.3) is 0 Å². The van der Waals surface area contributed by atoms with E-state index >= 15 is 0 Å². The monoisotopic (exact) mass is 268 g/mol. The second kappa shape index (κ2) is 6.36. The molecule has 0 aliphatic heterocycles. The molecule has 0 unspecified atom stereocenters. The topological polar surface area (TPSA) is 38.0 Å². The first-order valence-corrected chi connectivity index (χ1v) is 5.08. The zero-order chi connectivity index (χ0) is 8.69. The van der Waals surface area contributed by atoms with Crippen molar-refractivity contribution in [3.63, 3.8) is 0 Å². The van der Waals surface area contributed by atoms with Crippen LogP contribution in [0.5, 0.6) is 0 Å². The summed E-state index contributed by atoms with van der Waals surface area (Å²) in [5.41, 5.74) is 2.91. The lowest BCUT2D eigenvalue weighted by molar-refractivity contribution is 0.628. The van der Waals surface area contributed by atoms with Gasteiger partial charge in [0, 0.05) is 0 Å². The molecule has 0 amide bonds. The van der Waals surface area contributed by atoms with Crippen LogP contribution in [0, 0.1) is 5.82 Å². The van der Waals surface area contributed by atoms with Crippen molar-refractivity contribution < 1.29 is 4.39 Å². The molecule has 0 saturated heterocycles. The predicted octanol–water partition coefficient (Wildman–Crippen LogP) is 2.16. The number of hydrogen-bond acceptors (Lipinski definition) is 2. The van der Waals surface area contributed by atoms with E-state index in [1.54, 1.807) is 12.1 Å². The lowest BCUT2D eigenvalue weighted by atomic mass is 10.3. The first kappa shape index (κ1) is 10.6. The smallest absolute Gasteiger partial charge is 0.125 e. The van der Waals surface area contributed by atoms with Gasteiger partial charge in [0.25, 0.3) is 0 Å². The highest BCUT2D eigenvalue weighted by atomic mass is 127. The molecule has 62 valence electrons. The lowest BCUT2D eigenvalue weighted by Crippen LogP contribution is -2.06. The highest BCUT2D eigenvalue weighted by molar-refractivity contribution is 14.1. The number of benzene rings is 1. The van der Waals surface area contributed by atoms with Crippen molar-refractivity contribution in [2.45, 2.75) is 0 Å². The molecule has 1 aromatic carbocycles. The number of hydrazine groups is 1. The van der Waals surface area contributed by atoms with Gasteiger partial charge in [-0.1, -0.05) is 28.7 Å². The van der Waals surface area contributed by atoms with Gasteiger partial charge in [0.2, 0.25) is 0 Å². The first-order valence-electron chi connectivity index (χ1n) is 2.93. The molecule has 0 radical (unpaired) electrons. The molecule has 0 atom stereocenters. The highest BCUT2D eigenvalue weighted by Crippen LogP contribution is 2.05. The Morgan fingerprint density at radius 1 is 1.45 bits per heavy atom. The Kier molecular flexibility index (Phi) is 6.15. The SMILES string of the molecule is CI.NNc1cccc(F)c1. The van der Waals surface area contributed by atoms with Crippen LogP contribution in [-0.2, 0) is 0 Å². The van der Waals surface area contributed by atoms with Crippen molar-refractivity contribution in [3.8, 4) is 0 Å². The third-order valence-electron chi connectivity index (χ3n) is 0.991. The standard InChI is InChI=1S/C6H7FN2.CH3I/c7-5-2-1-3-6(4-5)9-8;1-2/h1-4,9H,8H2;1H3. The van der Waals surface area contributed by atoms with E-state index in [1.165, 1.54) is 12.1 Å². The Morgan fingerprint density at radius 2 is 2.09 bits per heavy atom.